The number of carbonyl (C=O) groups excluding carboxylic acids is 1. The maximum atomic E-state index is 11.0. The summed E-state index contributed by atoms with van der Waals surface area (Å²) < 4.78 is 0. The standard InChI is InChI=1S/C14H29N3O2/c1-11(2)4-7-14(3,19)10-16-12-5-8-17(9-6-12)13(15)18/h11-12,16,19H,4-10H2,1-3H3,(H2,15,18). The SMILES string of the molecule is CC(C)CCC(C)(O)CNC1CCN(C(N)=O)CC1. The fourth-order valence-corrected chi connectivity index (χ4v) is 2.36. The number of rotatable bonds is 6. The molecule has 0 bridgehead atoms. The van der Waals surface area contributed by atoms with Gasteiger partial charge in [-0.25, -0.2) is 4.79 Å². The number of nitrogens with zero attached hydrogens (tertiary/aromatic N) is 1. The third-order valence-corrected chi connectivity index (χ3v) is 3.84. The summed E-state index contributed by atoms with van der Waals surface area (Å²) in [5.41, 5.74) is 4.60. The Morgan fingerprint density at radius 2 is 2.05 bits per heavy atom. The van der Waals surface area contributed by atoms with Crippen LogP contribution in [0.25, 0.3) is 0 Å². The largest absolute Gasteiger partial charge is 0.389 e. The van der Waals surface area contributed by atoms with Crippen LogP contribution in [0.1, 0.15) is 46.5 Å². The second kappa shape index (κ2) is 7.10. The van der Waals surface area contributed by atoms with Gasteiger partial charge in [0.2, 0.25) is 0 Å². The van der Waals surface area contributed by atoms with Gasteiger partial charge in [0.1, 0.15) is 0 Å². The molecule has 0 aliphatic carbocycles. The molecule has 1 fully saturated rings. The maximum absolute atomic E-state index is 11.0. The second-order valence-electron chi connectivity index (χ2n) is 6.41. The molecule has 0 aromatic carbocycles. The first-order valence-electron chi connectivity index (χ1n) is 7.30. The molecule has 0 saturated carbocycles. The first kappa shape index (κ1) is 16.2. The number of piperidine rings is 1. The van der Waals surface area contributed by atoms with Gasteiger partial charge in [-0.15, -0.1) is 0 Å². The second-order valence-corrected chi connectivity index (χ2v) is 6.41. The smallest absolute Gasteiger partial charge is 0.314 e. The highest BCUT2D eigenvalue weighted by atomic mass is 16.3. The fourth-order valence-electron chi connectivity index (χ4n) is 2.36. The van der Waals surface area contributed by atoms with E-state index in [9.17, 15) is 9.90 Å². The van der Waals surface area contributed by atoms with Crippen molar-refractivity contribution in [1.29, 1.82) is 0 Å². The summed E-state index contributed by atoms with van der Waals surface area (Å²) in [6.45, 7) is 8.26. The highest BCUT2D eigenvalue weighted by Gasteiger charge is 2.25. The molecule has 0 aromatic rings. The molecule has 112 valence electrons. The third-order valence-electron chi connectivity index (χ3n) is 3.84. The molecule has 1 atom stereocenters. The predicted molar refractivity (Wildman–Crippen MR) is 76.9 cm³/mol. The van der Waals surface area contributed by atoms with E-state index in [2.05, 4.69) is 19.2 Å². The van der Waals surface area contributed by atoms with Gasteiger partial charge in [0, 0.05) is 25.7 Å². The van der Waals surface area contributed by atoms with Crippen molar-refractivity contribution in [2.24, 2.45) is 11.7 Å². The number of amides is 2. The third kappa shape index (κ3) is 6.25. The molecule has 19 heavy (non-hydrogen) atoms. The van der Waals surface area contributed by atoms with Crippen LogP contribution in [0.3, 0.4) is 0 Å². The molecule has 1 rings (SSSR count). The summed E-state index contributed by atoms with van der Waals surface area (Å²) in [5.74, 6) is 0.616. The summed E-state index contributed by atoms with van der Waals surface area (Å²) in [6, 6.07) is 0.0449. The van der Waals surface area contributed by atoms with Gasteiger partial charge >= 0.3 is 6.03 Å². The Morgan fingerprint density at radius 3 is 2.53 bits per heavy atom. The lowest BCUT2D eigenvalue weighted by Gasteiger charge is -2.33. The van der Waals surface area contributed by atoms with Crippen LogP contribution in [0, 0.1) is 5.92 Å². The van der Waals surface area contributed by atoms with Crippen LogP contribution in [0.5, 0.6) is 0 Å². The molecule has 2 amide bonds. The van der Waals surface area contributed by atoms with E-state index in [0.29, 0.717) is 31.6 Å². The molecule has 5 nitrogen and oxygen atoms in total. The van der Waals surface area contributed by atoms with Gasteiger partial charge in [-0.1, -0.05) is 13.8 Å². The van der Waals surface area contributed by atoms with Crippen LogP contribution in [0.15, 0.2) is 0 Å². The van der Waals surface area contributed by atoms with Crippen molar-refractivity contribution in [1.82, 2.24) is 10.2 Å². The molecule has 1 aliphatic heterocycles. The lowest BCUT2D eigenvalue weighted by molar-refractivity contribution is 0.0402. The van der Waals surface area contributed by atoms with Crippen molar-refractivity contribution in [2.75, 3.05) is 19.6 Å². The molecule has 5 heteroatoms. The molecule has 0 spiro atoms. The van der Waals surface area contributed by atoms with E-state index < -0.39 is 5.60 Å². The summed E-state index contributed by atoms with van der Waals surface area (Å²) in [6.07, 6.45) is 3.67. The van der Waals surface area contributed by atoms with E-state index in [1.165, 1.54) is 0 Å². The zero-order valence-electron chi connectivity index (χ0n) is 12.5. The number of nitrogens with two attached hydrogens (primary N) is 1. The Bertz CT molecular complexity index is 284. The van der Waals surface area contributed by atoms with E-state index in [1.807, 2.05) is 6.92 Å². The summed E-state index contributed by atoms with van der Waals surface area (Å²) in [4.78, 5) is 12.7. The van der Waals surface area contributed by atoms with Gasteiger partial charge in [-0.2, -0.15) is 0 Å². The summed E-state index contributed by atoms with van der Waals surface area (Å²) >= 11 is 0. The van der Waals surface area contributed by atoms with Gasteiger partial charge in [0.15, 0.2) is 0 Å². The fraction of sp³-hybridized carbons (Fsp3) is 0.929. The van der Waals surface area contributed by atoms with E-state index in [0.717, 1.165) is 25.7 Å². The number of urea groups is 1. The van der Waals surface area contributed by atoms with Crippen LogP contribution >= 0.6 is 0 Å². The van der Waals surface area contributed by atoms with E-state index >= 15 is 0 Å². The van der Waals surface area contributed by atoms with Gasteiger partial charge < -0.3 is 21.1 Å². The van der Waals surface area contributed by atoms with Crippen molar-refractivity contribution in [2.45, 2.75) is 58.1 Å². The summed E-state index contributed by atoms with van der Waals surface area (Å²) in [7, 11) is 0. The number of primary amides is 1. The molecule has 1 unspecified atom stereocenters. The van der Waals surface area contributed by atoms with Crippen LogP contribution in [0.4, 0.5) is 4.79 Å². The maximum Gasteiger partial charge on any atom is 0.314 e. The number of aliphatic hydroxyl groups is 1. The highest BCUT2D eigenvalue weighted by Crippen LogP contribution is 2.17. The van der Waals surface area contributed by atoms with Crippen LogP contribution < -0.4 is 11.1 Å². The minimum Gasteiger partial charge on any atom is -0.389 e. The Morgan fingerprint density at radius 1 is 1.47 bits per heavy atom. The number of hydrogen-bond acceptors (Lipinski definition) is 3. The number of carbonyl (C=O) groups is 1. The predicted octanol–water partition coefficient (Wildman–Crippen LogP) is 1.31. The molecule has 4 N–H and O–H groups in total. The lowest BCUT2D eigenvalue weighted by Crippen LogP contribution is -2.49. The van der Waals surface area contributed by atoms with Crippen molar-refractivity contribution in [3.8, 4) is 0 Å². The van der Waals surface area contributed by atoms with Crippen molar-refractivity contribution in [3.63, 3.8) is 0 Å². The quantitative estimate of drug-likeness (QED) is 0.681. The average Bonchev–Trinajstić information content (AvgIpc) is 2.35. The van der Waals surface area contributed by atoms with Gasteiger partial charge in [-0.3, -0.25) is 0 Å². The van der Waals surface area contributed by atoms with Crippen molar-refractivity contribution < 1.29 is 9.90 Å². The lowest BCUT2D eigenvalue weighted by atomic mass is 9.94. The Balaban J connectivity index is 2.24. The Kier molecular flexibility index (Phi) is 6.07. The highest BCUT2D eigenvalue weighted by molar-refractivity contribution is 5.72. The van der Waals surface area contributed by atoms with Crippen LogP contribution in [0.2, 0.25) is 0 Å². The van der Waals surface area contributed by atoms with E-state index in [4.69, 9.17) is 5.73 Å². The van der Waals surface area contributed by atoms with Gasteiger partial charge in [-0.05, 0) is 38.5 Å². The zero-order chi connectivity index (χ0) is 14.5. The molecule has 1 heterocycles. The number of hydrogen-bond donors (Lipinski definition) is 3. The van der Waals surface area contributed by atoms with Crippen LogP contribution in [-0.4, -0.2) is 47.3 Å². The van der Waals surface area contributed by atoms with Gasteiger partial charge in [0.25, 0.3) is 0 Å². The molecule has 0 radical (unpaired) electrons. The summed E-state index contributed by atoms with van der Waals surface area (Å²) in [5, 5.41) is 13.7. The average molecular weight is 271 g/mol. The molecule has 1 aliphatic rings. The number of nitrogens with one attached hydrogen (secondary N) is 1. The topological polar surface area (TPSA) is 78.6 Å². The molecular formula is C14H29N3O2. The van der Waals surface area contributed by atoms with Crippen molar-refractivity contribution >= 4 is 6.03 Å². The van der Waals surface area contributed by atoms with Gasteiger partial charge in [0.05, 0.1) is 5.60 Å². The van der Waals surface area contributed by atoms with E-state index in [1.54, 1.807) is 4.90 Å². The first-order valence-corrected chi connectivity index (χ1v) is 7.30. The first-order chi connectivity index (χ1) is 8.80. The van der Waals surface area contributed by atoms with Crippen LogP contribution in [-0.2, 0) is 0 Å². The minimum absolute atomic E-state index is 0.331. The Labute approximate surface area is 116 Å². The Hall–Kier alpha value is -0.810. The van der Waals surface area contributed by atoms with Crippen molar-refractivity contribution in [3.05, 3.63) is 0 Å². The minimum atomic E-state index is -0.648. The molecule has 1 saturated heterocycles. The number of likely N-dealkylation sites (tertiary alicyclic amines) is 1. The van der Waals surface area contributed by atoms with E-state index in [-0.39, 0.29) is 6.03 Å². The molecule has 0 aromatic heterocycles. The zero-order valence-corrected chi connectivity index (χ0v) is 12.5. The monoisotopic (exact) mass is 271 g/mol. The molecular weight excluding hydrogens is 242 g/mol. The normalized spacial score (nSPS) is 20.6.